The van der Waals surface area contributed by atoms with Crippen molar-refractivity contribution in [1.82, 2.24) is 10.6 Å². The van der Waals surface area contributed by atoms with Crippen molar-refractivity contribution >= 4 is 27.7 Å². The van der Waals surface area contributed by atoms with E-state index < -0.39 is 6.04 Å². The van der Waals surface area contributed by atoms with Crippen LogP contribution in [0.1, 0.15) is 29.0 Å². The summed E-state index contributed by atoms with van der Waals surface area (Å²) in [5, 5.41) is 5.39. The summed E-state index contributed by atoms with van der Waals surface area (Å²) < 4.78 is 5.73. The van der Waals surface area contributed by atoms with Gasteiger partial charge in [-0.05, 0) is 41.8 Å². The van der Waals surface area contributed by atoms with E-state index in [9.17, 15) is 9.59 Å². The number of halogens is 1. The van der Waals surface area contributed by atoms with Crippen LogP contribution < -0.4 is 10.6 Å². The van der Waals surface area contributed by atoms with E-state index in [2.05, 4.69) is 26.6 Å². The second kappa shape index (κ2) is 4.91. The normalized spacial score (nSPS) is 19.9. The quantitative estimate of drug-likeness (QED) is 0.866. The van der Waals surface area contributed by atoms with Gasteiger partial charge < -0.3 is 15.1 Å². The van der Waals surface area contributed by atoms with Crippen LogP contribution in [0, 0.1) is 6.92 Å². The van der Waals surface area contributed by atoms with Gasteiger partial charge in [0.05, 0.1) is 0 Å². The van der Waals surface area contributed by atoms with Crippen LogP contribution in [0.15, 0.2) is 15.2 Å². The fraction of sp³-hybridized carbons (Fsp3) is 0.455. The van der Waals surface area contributed by atoms with Gasteiger partial charge in [0, 0.05) is 12.1 Å². The standard InChI is InChI=1S/C11H13BrN2O3/c1-6-5-8(12)17-9(6)11(16)14-7-3-2-4-13-10(7)15/h5,7H,2-4H2,1H3,(H,13,15)(H,14,16). The first-order valence-electron chi connectivity index (χ1n) is 5.42. The van der Waals surface area contributed by atoms with Crippen LogP contribution in [0.25, 0.3) is 0 Å². The summed E-state index contributed by atoms with van der Waals surface area (Å²) in [6.07, 6.45) is 1.54. The van der Waals surface area contributed by atoms with Crippen molar-refractivity contribution in [3.8, 4) is 0 Å². The Kier molecular flexibility index (Phi) is 3.51. The highest BCUT2D eigenvalue weighted by Crippen LogP contribution is 2.19. The average Bonchev–Trinajstić information content (AvgIpc) is 2.61. The lowest BCUT2D eigenvalue weighted by molar-refractivity contribution is -0.124. The average molecular weight is 301 g/mol. The zero-order chi connectivity index (χ0) is 12.4. The molecule has 0 bridgehead atoms. The number of hydrogen-bond acceptors (Lipinski definition) is 3. The van der Waals surface area contributed by atoms with E-state index in [1.54, 1.807) is 13.0 Å². The van der Waals surface area contributed by atoms with Crippen LogP contribution in [-0.4, -0.2) is 24.4 Å². The number of nitrogens with one attached hydrogen (secondary N) is 2. The van der Waals surface area contributed by atoms with Crippen molar-refractivity contribution in [2.75, 3.05) is 6.54 Å². The van der Waals surface area contributed by atoms with E-state index in [-0.39, 0.29) is 17.6 Å². The molecule has 2 rings (SSSR count). The minimum Gasteiger partial charge on any atom is -0.444 e. The van der Waals surface area contributed by atoms with Crippen molar-refractivity contribution < 1.29 is 14.0 Å². The maximum absolute atomic E-state index is 11.9. The van der Waals surface area contributed by atoms with Crippen molar-refractivity contribution in [3.63, 3.8) is 0 Å². The number of furan rings is 1. The number of carbonyl (C=O) groups is 2. The Balaban J connectivity index is 2.06. The molecule has 1 aromatic heterocycles. The van der Waals surface area contributed by atoms with E-state index in [4.69, 9.17) is 4.42 Å². The number of rotatable bonds is 2. The topological polar surface area (TPSA) is 71.3 Å². The fourth-order valence-corrected chi connectivity index (χ4v) is 2.31. The molecule has 1 aliphatic rings. The highest BCUT2D eigenvalue weighted by atomic mass is 79.9. The van der Waals surface area contributed by atoms with Crippen LogP contribution >= 0.6 is 15.9 Å². The highest BCUT2D eigenvalue weighted by Gasteiger charge is 2.25. The smallest absolute Gasteiger partial charge is 0.287 e. The molecule has 0 aliphatic carbocycles. The van der Waals surface area contributed by atoms with Crippen LogP contribution in [0.3, 0.4) is 0 Å². The van der Waals surface area contributed by atoms with Crippen LogP contribution in [0.4, 0.5) is 0 Å². The minimum atomic E-state index is -0.459. The molecule has 2 amide bonds. The van der Waals surface area contributed by atoms with Gasteiger partial charge in [0.25, 0.3) is 5.91 Å². The summed E-state index contributed by atoms with van der Waals surface area (Å²) in [5.41, 5.74) is 0.741. The van der Waals surface area contributed by atoms with Crippen molar-refractivity contribution in [2.24, 2.45) is 0 Å². The third-order valence-corrected chi connectivity index (χ3v) is 3.08. The van der Waals surface area contributed by atoms with E-state index in [0.717, 1.165) is 12.0 Å². The molecule has 1 saturated heterocycles. The van der Waals surface area contributed by atoms with Crippen LogP contribution in [-0.2, 0) is 4.79 Å². The molecule has 2 heterocycles. The lowest BCUT2D eigenvalue weighted by Crippen LogP contribution is -2.50. The maximum atomic E-state index is 11.9. The number of aryl methyl sites for hydroxylation is 1. The Morgan fingerprint density at radius 2 is 2.41 bits per heavy atom. The lowest BCUT2D eigenvalue weighted by atomic mass is 10.1. The Hall–Kier alpha value is -1.30. The molecule has 1 unspecified atom stereocenters. The molecule has 2 N–H and O–H groups in total. The van der Waals surface area contributed by atoms with Gasteiger partial charge in [-0.2, -0.15) is 0 Å². The Morgan fingerprint density at radius 1 is 1.65 bits per heavy atom. The summed E-state index contributed by atoms with van der Waals surface area (Å²) in [4.78, 5) is 23.4. The van der Waals surface area contributed by atoms with E-state index in [0.29, 0.717) is 17.6 Å². The first-order valence-corrected chi connectivity index (χ1v) is 6.21. The molecule has 0 spiro atoms. The fourth-order valence-electron chi connectivity index (χ4n) is 1.80. The Labute approximate surface area is 107 Å². The molecule has 1 fully saturated rings. The first-order chi connectivity index (χ1) is 8.08. The van der Waals surface area contributed by atoms with Crippen molar-refractivity contribution in [3.05, 3.63) is 22.1 Å². The molecule has 1 aliphatic heterocycles. The van der Waals surface area contributed by atoms with Gasteiger partial charge in [-0.25, -0.2) is 0 Å². The monoisotopic (exact) mass is 300 g/mol. The van der Waals surface area contributed by atoms with Crippen molar-refractivity contribution in [2.45, 2.75) is 25.8 Å². The summed E-state index contributed by atoms with van der Waals surface area (Å²) in [6, 6.07) is 1.26. The minimum absolute atomic E-state index is 0.132. The van der Waals surface area contributed by atoms with Gasteiger partial charge in [-0.15, -0.1) is 0 Å². The predicted octanol–water partition coefficient (Wildman–Crippen LogP) is 1.36. The molecule has 0 saturated carbocycles. The highest BCUT2D eigenvalue weighted by molar-refractivity contribution is 9.10. The largest absolute Gasteiger partial charge is 0.444 e. The Bertz CT molecular complexity index is 456. The molecule has 0 radical (unpaired) electrons. The number of carbonyl (C=O) groups excluding carboxylic acids is 2. The number of hydrogen-bond donors (Lipinski definition) is 2. The second-order valence-electron chi connectivity index (χ2n) is 4.02. The Morgan fingerprint density at radius 3 is 3.00 bits per heavy atom. The summed E-state index contributed by atoms with van der Waals surface area (Å²) in [5.74, 6) is -0.238. The van der Waals surface area contributed by atoms with Gasteiger partial charge in [0.2, 0.25) is 5.91 Å². The molecule has 0 aromatic carbocycles. The van der Waals surface area contributed by atoms with E-state index in [1.165, 1.54) is 0 Å². The molecule has 17 heavy (non-hydrogen) atoms. The third kappa shape index (κ3) is 2.69. The van der Waals surface area contributed by atoms with Crippen LogP contribution in [0.5, 0.6) is 0 Å². The van der Waals surface area contributed by atoms with Gasteiger partial charge in [-0.1, -0.05) is 0 Å². The molecular formula is C11H13BrN2O3. The van der Waals surface area contributed by atoms with E-state index in [1.807, 2.05) is 0 Å². The molecule has 1 atom stereocenters. The summed E-state index contributed by atoms with van der Waals surface area (Å²) in [6.45, 7) is 2.46. The van der Waals surface area contributed by atoms with Gasteiger partial charge in [0.15, 0.2) is 10.4 Å². The summed E-state index contributed by atoms with van der Waals surface area (Å²) >= 11 is 3.16. The molecule has 92 valence electrons. The number of piperidine rings is 1. The summed E-state index contributed by atoms with van der Waals surface area (Å²) in [7, 11) is 0. The molecule has 1 aromatic rings. The van der Waals surface area contributed by atoms with Gasteiger partial charge >= 0.3 is 0 Å². The number of amides is 2. The van der Waals surface area contributed by atoms with E-state index >= 15 is 0 Å². The zero-order valence-electron chi connectivity index (χ0n) is 9.38. The molecule has 6 heteroatoms. The predicted molar refractivity (Wildman–Crippen MR) is 64.6 cm³/mol. The molecular weight excluding hydrogens is 288 g/mol. The van der Waals surface area contributed by atoms with Crippen molar-refractivity contribution in [1.29, 1.82) is 0 Å². The van der Waals surface area contributed by atoms with Crippen LogP contribution in [0.2, 0.25) is 0 Å². The second-order valence-corrected chi connectivity index (χ2v) is 4.80. The maximum Gasteiger partial charge on any atom is 0.287 e. The zero-order valence-corrected chi connectivity index (χ0v) is 11.0. The lowest BCUT2D eigenvalue weighted by Gasteiger charge is -2.22. The van der Waals surface area contributed by atoms with Gasteiger partial charge in [0.1, 0.15) is 6.04 Å². The third-order valence-electron chi connectivity index (χ3n) is 2.68. The molecule has 5 nitrogen and oxygen atoms in total. The van der Waals surface area contributed by atoms with Gasteiger partial charge in [-0.3, -0.25) is 9.59 Å². The SMILES string of the molecule is Cc1cc(Br)oc1C(=O)NC1CCCNC1=O. The first kappa shape index (κ1) is 12.2.